The Morgan fingerprint density at radius 1 is 0.879 bits per heavy atom. The Morgan fingerprint density at radius 2 is 1.45 bits per heavy atom. The van der Waals surface area contributed by atoms with Gasteiger partial charge in [-0.15, -0.1) is 0 Å². The molecule has 2 aromatic carbocycles. The highest BCUT2D eigenvalue weighted by Crippen LogP contribution is 2.41. The van der Waals surface area contributed by atoms with Gasteiger partial charge in [-0.3, -0.25) is 34.7 Å². The van der Waals surface area contributed by atoms with Gasteiger partial charge in [-0.25, -0.2) is 4.98 Å². The van der Waals surface area contributed by atoms with Crippen LogP contribution in [0.5, 0.6) is 0 Å². The zero-order valence-electron chi connectivity index (χ0n) is 16.7. The van der Waals surface area contributed by atoms with Gasteiger partial charge in [0.15, 0.2) is 0 Å². The number of nitrogens with zero attached hydrogens (tertiary/aromatic N) is 4. The van der Waals surface area contributed by atoms with Gasteiger partial charge in [0.1, 0.15) is 11.6 Å². The first-order valence-electron chi connectivity index (χ1n) is 9.51. The number of rotatable bonds is 5. The zero-order valence-corrected chi connectivity index (χ0v) is 16.7. The van der Waals surface area contributed by atoms with Crippen LogP contribution < -0.4 is 4.90 Å². The van der Waals surface area contributed by atoms with Crippen LogP contribution in [-0.2, 0) is 9.59 Å². The lowest BCUT2D eigenvalue weighted by molar-refractivity contribution is -0.385. The second-order valence-corrected chi connectivity index (χ2v) is 7.01. The van der Waals surface area contributed by atoms with Crippen molar-refractivity contribution in [2.75, 3.05) is 4.90 Å². The molecule has 0 aliphatic carbocycles. The van der Waals surface area contributed by atoms with Crippen LogP contribution in [0.25, 0.3) is 5.76 Å². The van der Waals surface area contributed by atoms with E-state index in [0.29, 0.717) is 5.56 Å². The predicted octanol–water partition coefficient (Wildman–Crippen LogP) is 3.52. The third-order valence-corrected chi connectivity index (χ3v) is 5.11. The van der Waals surface area contributed by atoms with E-state index in [1.54, 1.807) is 12.1 Å². The maximum Gasteiger partial charge on any atom is 0.301 e. The number of Topliss-reactive ketones (excluding diaryl/α,β-unsaturated/α-hetero) is 1. The zero-order chi connectivity index (χ0) is 23.7. The van der Waals surface area contributed by atoms with Gasteiger partial charge in [-0.1, -0.05) is 6.07 Å². The molecular formula is C22H14N4O7. The largest absolute Gasteiger partial charge is 0.507 e. The number of amides is 1. The standard InChI is InChI=1S/C22H14N4O7/c27-20(14-6-10-16(11-7-14)26(32)33)18-19(13-4-8-15(9-5-13)25(30)31)24(22(29)21(18)28)17-3-1-2-12-23-17/h1-12,19,27H/b20-18-. The summed E-state index contributed by atoms with van der Waals surface area (Å²) in [6, 6.07) is 13.7. The molecule has 1 aliphatic rings. The molecule has 0 bridgehead atoms. The summed E-state index contributed by atoms with van der Waals surface area (Å²) in [6.45, 7) is 0. The van der Waals surface area contributed by atoms with Gasteiger partial charge in [-0.05, 0) is 42.0 Å². The number of aromatic nitrogens is 1. The predicted molar refractivity (Wildman–Crippen MR) is 115 cm³/mol. The molecule has 4 rings (SSSR count). The molecule has 33 heavy (non-hydrogen) atoms. The lowest BCUT2D eigenvalue weighted by Crippen LogP contribution is -2.30. The Kier molecular flexibility index (Phi) is 5.36. The normalized spacial score (nSPS) is 17.2. The Balaban J connectivity index is 1.90. The monoisotopic (exact) mass is 446 g/mol. The van der Waals surface area contributed by atoms with E-state index in [1.165, 1.54) is 48.7 Å². The number of hydrogen-bond acceptors (Lipinski definition) is 8. The molecule has 1 amide bonds. The molecule has 0 saturated carbocycles. The summed E-state index contributed by atoms with van der Waals surface area (Å²) >= 11 is 0. The smallest absolute Gasteiger partial charge is 0.301 e. The summed E-state index contributed by atoms with van der Waals surface area (Å²) in [5, 5.41) is 32.9. The molecule has 0 spiro atoms. The van der Waals surface area contributed by atoms with Crippen LogP contribution in [0.4, 0.5) is 17.2 Å². The van der Waals surface area contributed by atoms with E-state index < -0.39 is 33.3 Å². The first kappa shape index (κ1) is 21.3. The van der Waals surface area contributed by atoms with Gasteiger partial charge in [0, 0.05) is 36.0 Å². The van der Waals surface area contributed by atoms with Crippen molar-refractivity contribution in [2.24, 2.45) is 0 Å². The highest BCUT2D eigenvalue weighted by atomic mass is 16.6. The molecule has 1 saturated heterocycles. The first-order valence-corrected chi connectivity index (χ1v) is 9.51. The minimum atomic E-state index is -1.13. The fourth-order valence-corrected chi connectivity index (χ4v) is 3.56. The second kappa shape index (κ2) is 8.30. The van der Waals surface area contributed by atoms with E-state index in [0.717, 1.165) is 17.0 Å². The summed E-state index contributed by atoms with van der Waals surface area (Å²) < 4.78 is 0. The van der Waals surface area contributed by atoms with Crippen LogP contribution in [0, 0.1) is 20.2 Å². The van der Waals surface area contributed by atoms with Crippen LogP contribution in [0.3, 0.4) is 0 Å². The van der Waals surface area contributed by atoms with Crippen molar-refractivity contribution in [1.29, 1.82) is 0 Å². The maximum absolute atomic E-state index is 13.0. The third kappa shape index (κ3) is 3.78. The number of aliphatic hydroxyl groups is 1. The van der Waals surface area contributed by atoms with Crippen LogP contribution in [-0.4, -0.2) is 31.6 Å². The highest BCUT2D eigenvalue weighted by Gasteiger charge is 2.47. The number of non-ortho nitro benzene ring substituents is 2. The van der Waals surface area contributed by atoms with Crippen molar-refractivity contribution >= 4 is 34.6 Å². The summed E-state index contributed by atoms with van der Waals surface area (Å²) in [5.41, 5.74) is -0.259. The molecule has 1 aromatic heterocycles. The lowest BCUT2D eigenvalue weighted by Gasteiger charge is -2.24. The number of pyridine rings is 1. The molecule has 1 fully saturated rings. The average Bonchev–Trinajstić information content (AvgIpc) is 3.09. The van der Waals surface area contributed by atoms with E-state index in [1.807, 2.05) is 0 Å². The Labute approximate surface area is 185 Å². The molecule has 11 heteroatoms. The van der Waals surface area contributed by atoms with Gasteiger partial charge >= 0.3 is 5.91 Å². The minimum Gasteiger partial charge on any atom is -0.507 e. The number of ketones is 1. The summed E-state index contributed by atoms with van der Waals surface area (Å²) in [4.78, 5) is 51.9. The fourth-order valence-electron chi connectivity index (χ4n) is 3.56. The van der Waals surface area contributed by atoms with Crippen molar-refractivity contribution < 1.29 is 24.5 Å². The van der Waals surface area contributed by atoms with E-state index >= 15 is 0 Å². The number of aliphatic hydroxyl groups excluding tert-OH is 1. The Bertz CT molecular complexity index is 1300. The molecule has 1 N–H and O–H groups in total. The average molecular weight is 446 g/mol. The number of nitro groups is 2. The van der Waals surface area contributed by atoms with Gasteiger partial charge in [0.2, 0.25) is 0 Å². The van der Waals surface area contributed by atoms with E-state index in [-0.39, 0.29) is 28.3 Å². The maximum atomic E-state index is 13.0. The molecule has 2 heterocycles. The van der Waals surface area contributed by atoms with E-state index in [2.05, 4.69) is 4.98 Å². The van der Waals surface area contributed by atoms with Crippen molar-refractivity contribution in [2.45, 2.75) is 6.04 Å². The molecule has 164 valence electrons. The number of hydrogen-bond donors (Lipinski definition) is 1. The number of carbonyl (C=O) groups excluding carboxylic acids is 2. The van der Waals surface area contributed by atoms with E-state index in [9.17, 15) is 34.9 Å². The SMILES string of the molecule is O=C1C(=O)N(c2ccccn2)C(c2ccc([N+](=O)[O-])cc2)/C1=C(/O)c1ccc([N+](=O)[O-])cc1. The van der Waals surface area contributed by atoms with Crippen LogP contribution in [0.2, 0.25) is 0 Å². The summed E-state index contributed by atoms with van der Waals surface area (Å²) in [6.07, 6.45) is 1.43. The Morgan fingerprint density at radius 3 is 1.97 bits per heavy atom. The van der Waals surface area contributed by atoms with Crippen molar-refractivity contribution in [3.05, 3.63) is 110 Å². The van der Waals surface area contributed by atoms with Crippen molar-refractivity contribution in [3.8, 4) is 0 Å². The second-order valence-electron chi connectivity index (χ2n) is 7.01. The molecule has 1 unspecified atom stereocenters. The Hall–Kier alpha value is -4.93. The highest BCUT2D eigenvalue weighted by molar-refractivity contribution is 6.51. The van der Waals surface area contributed by atoms with Gasteiger partial charge in [0.25, 0.3) is 17.2 Å². The van der Waals surface area contributed by atoms with Gasteiger partial charge in [0.05, 0.1) is 21.5 Å². The quantitative estimate of drug-likeness (QED) is 0.205. The van der Waals surface area contributed by atoms with Gasteiger partial charge < -0.3 is 5.11 Å². The van der Waals surface area contributed by atoms with E-state index in [4.69, 9.17) is 0 Å². The third-order valence-electron chi connectivity index (χ3n) is 5.11. The topological polar surface area (TPSA) is 157 Å². The fraction of sp³-hybridized carbons (Fsp3) is 0.0455. The van der Waals surface area contributed by atoms with Crippen LogP contribution in [0.1, 0.15) is 17.2 Å². The molecular weight excluding hydrogens is 432 g/mol. The number of carbonyl (C=O) groups is 2. The molecule has 0 radical (unpaired) electrons. The van der Waals surface area contributed by atoms with Crippen molar-refractivity contribution in [1.82, 2.24) is 4.98 Å². The molecule has 1 aliphatic heterocycles. The molecule has 1 atom stereocenters. The molecule has 3 aromatic rings. The number of nitro benzene ring substituents is 2. The summed E-state index contributed by atoms with van der Waals surface area (Å²) in [7, 11) is 0. The lowest BCUT2D eigenvalue weighted by atomic mass is 9.95. The van der Waals surface area contributed by atoms with Gasteiger partial charge in [-0.2, -0.15) is 0 Å². The van der Waals surface area contributed by atoms with Crippen molar-refractivity contribution in [3.63, 3.8) is 0 Å². The van der Waals surface area contributed by atoms with Crippen LogP contribution >= 0.6 is 0 Å². The first-order chi connectivity index (χ1) is 15.8. The number of anilines is 1. The molecule has 11 nitrogen and oxygen atoms in total. The number of benzene rings is 2. The summed E-state index contributed by atoms with van der Waals surface area (Å²) in [5.74, 6) is -2.32. The van der Waals surface area contributed by atoms with Crippen LogP contribution in [0.15, 0.2) is 78.5 Å². The minimum absolute atomic E-state index is 0.0894.